The van der Waals surface area contributed by atoms with Gasteiger partial charge in [-0.05, 0) is 37.4 Å². The van der Waals surface area contributed by atoms with E-state index >= 15 is 0 Å². The van der Waals surface area contributed by atoms with Gasteiger partial charge in [-0.3, -0.25) is 9.79 Å². The molecule has 7 heteroatoms. The van der Waals surface area contributed by atoms with E-state index in [2.05, 4.69) is 28.6 Å². The maximum Gasteiger partial charge on any atom is 0.278 e. The molecule has 2 rings (SSSR count). The fraction of sp³-hybridized carbons (Fsp3) is 0.167. The summed E-state index contributed by atoms with van der Waals surface area (Å²) in [5.74, 6) is -1.58. The van der Waals surface area contributed by atoms with Crippen LogP contribution in [0.1, 0.15) is 13.3 Å². The fourth-order valence-electron chi connectivity index (χ4n) is 2.05. The normalized spacial score (nSPS) is 11.6. The Morgan fingerprint density at radius 2 is 2.08 bits per heavy atom. The van der Waals surface area contributed by atoms with Gasteiger partial charge in [0.25, 0.3) is 5.91 Å². The molecular formula is C18H19N3O4. The second-order valence-electron chi connectivity index (χ2n) is 5.16. The zero-order valence-electron chi connectivity index (χ0n) is 13.8. The highest BCUT2D eigenvalue weighted by Crippen LogP contribution is 2.21. The number of benzene rings is 1. The van der Waals surface area contributed by atoms with Gasteiger partial charge in [0.2, 0.25) is 5.88 Å². The first-order valence-corrected chi connectivity index (χ1v) is 7.59. The molecule has 7 nitrogen and oxygen atoms in total. The van der Waals surface area contributed by atoms with Crippen molar-refractivity contribution in [1.82, 2.24) is 4.98 Å². The van der Waals surface area contributed by atoms with Crippen molar-refractivity contribution in [2.24, 2.45) is 4.99 Å². The highest BCUT2D eigenvalue weighted by atomic mass is 16.5. The Hall–Kier alpha value is -3.35. The van der Waals surface area contributed by atoms with Gasteiger partial charge in [0.15, 0.2) is 17.2 Å². The molecule has 0 aliphatic heterocycles. The average molecular weight is 341 g/mol. The molecule has 0 aliphatic carbocycles. The largest absolute Gasteiger partial charge is 0.505 e. The van der Waals surface area contributed by atoms with Gasteiger partial charge in [-0.25, -0.2) is 4.98 Å². The van der Waals surface area contributed by atoms with E-state index in [1.54, 1.807) is 24.3 Å². The molecule has 1 heterocycles. The summed E-state index contributed by atoms with van der Waals surface area (Å²) < 4.78 is 5.49. The Kier molecular flexibility index (Phi) is 5.73. The molecule has 0 saturated heterocycles. The second-order valence-corrected chi connectivity index (χ2v) is 5.16. The van der Waals surface area contributed by atoms with Gasteiger partial charge in [-0.15, -0.1) is 0 Å². The Morgan fingerprint density at radius 3 is 2.72 bits per heavy atom. The van der Waals surface area contributed by atoms with Crippen molar-refractivity contribution in [2.45, 2.75) is 13.3 Å². The number of aromatic nitrogens is 1. The summed E-state index contributed by atoms with van der Waals surface area (Å²) in [6.07, 6.45) is 0.894. The number of nitrogens with zero attached hydrogens (tertiary/aromatic N) is 2. The first-order valence-electron chi connectivity index (χ1n) is 7.59. The van der Waals surface area contributed by atoms with Crippen LogP contribution in [0.2, 0.25) is 0 Å². The molecule has 3 N–H and O–H groups in total. The number of aliphatic hydroxyl groups is 2. The van der Waals surface area contributed by atoms with Gasteiger partial charge < -0.3 is 20.3 Å². The molecule has 0 spiro atoms. The molecule has 0 saturated carbocycles. The molecule has 0 atom stereocenters. The molecule has 1 aromatic heterocycles. The van der Waals surface area contributed by atoms with Crippen molar-refractivity contribution >= 4 is 29.2 Å². The molecule has 0 aliphatic rings. The Labute approximate surface area is 145 Å². The van der Waals surface area contributed by atoms with Crippen molar-refractivity contribution in [3.63, 3.8) is 0 Å². The smallest absolute Gasteiger partial charge is 0.278 e. The maximum atomic E-state index is 12.1. The van der Waals surface area contributed by atoms with Crippen LogP contribution >= 0.6 is 0 Å². The number of aliphatic imine (C=N–C) groups is 1. The standard InChI is InChI=1S/C18H19N3O4/c1-4-9-25-15-8-5-12-10-13(6-7-14(12)21-15)20-18(24)16(19-3)17(23)11(2)22/h5-8,10,22-23H,2-4,9H2,1H3,(H,20,24)/b17-16+. The number of carbonyl (C=O) groups is 1. The van der Waals surface area contributed by atoms with Crippen LogP contribution in [-0.2, 0) is 4.79 Å². The highest BCUT2D eigenvalue weighted by molar-refractivity contribution is 6.05. The van der Waals surface area contributed by atoms with E-state index in [1.165, 1.54) is 0 Å². The van der Waals surface area contributed by atoms with Gasteiger partial charge >= 0.3 is 0 Å². The third-order valence-electron chi connectivity index (χ3n) is 3.25. The van der Waals surface area contributed by atoms with Crippen molar-refractivity contribution in [1.29, 1.82) is 0 Å². The minimum absolute atomic E-state index is 0.422. The maximum absolute atomic E-state index is 12.1. The van der Waals surface area contributed by atoms with E-state index in [0.717, 1.165) is 17.3 Å². The molecule has 0 fully saturated rings. The van der Waals surface area contributed by atoms with E-state index in [0.29, 0.717) is 18.2 Å². The summed E-state index contributed by atoms with van der Waals surface area (Å²) in [6.45, 7) is 8.96. The lowest BCUT2D eigenvalue weighted by molar-refractivity contribution is -0.113. The second kappa shape index (κ2) is 7.96. The van der Waals surface area contributed by atoms with Crippen molar-refractivity contribution < 1.29 is 19.7 Å². The quantitative estimate of drug-likeness (QED) is 0.309. The van der Waals surface area contributed by atoms with E-state index < -0.39 is 23.1 Å². The predicted octanol–water partition coefficient (Wildman–Crippen LogP) is 3.50. The topological polar surface area (TPSA) is 104 Å². The first kappa shape index (κ1) is 18.0. The number of nitrogens with one attached hydrogen (secondary N) is 1. The van der Waals surface area contributed by atoms with Crippen LogP contribution < -0.4 is 10.1 Å². The Bertz CT molecular complexity index is 859. The van der Waals surface area contributed by atoms with Gasteiger partial charge in [0.05, 0.1) is 12.1 Å². The van der Waals surface area contributed by atoms with Crippen LogP contribution in [0, 0.1) is 0 Å². The van der Waals surface area contributed by atoms with Crippen LogP contribution in [0.3, 0.4) is 0 Å². The summed E-state index contributed by atoms with van der Waals surface area (Å²) in [6, 6.07) is 8.69. The molecule has 0 unspecified atom stereocenters. The number of hydrogen-bond acceptors (Lipinski definition) is 6. The molecule has 130 valence electrons. The van der Waals surface area contributed by atoms with Crippen molar-refractivity contribution in [3.05, 3.63) is 54.1 Å². The van der Waals surface area contributed by atoms with Gasteiger partial charge in [0, 0.05) is 17.1 Å². The third-order valence-corrected chi connectivity index (χ3v) is 3.25. The third kappa shape index (κ3) is 4.35. The number of hydrogen-bond donors (Lipinski definition) is 3. The molecule has 1 amide bonds. The molecule has 25 heavy (non-hydrogen) atoms. The number of aliphatic hydroxyl groups excluding tert-OH is 2. The predicted molar refractivity (Wildman–Crippen MR) is 97.1 cm³/mol. The van der Waals surface area contributed by atoms with E-state index in [4.69, 9.17) is 4.74 Å². The summed E-state index contributed by atoms with van der Waals surface area (Å²) in [4.78, 5) is 20.0. The zero-order valence-corrected chi connectivity index (χ0v) is 13.8. The minimum Gasteiger partial charge on any atom is -0.505 e. The number of rotatable bonds is 7. The Balaban J connectivity index is 2.24. The lowest BCUT2D eigenvalue weighted by Gasteiger charge is -2.09. The molecule has 0 bridgehead atoms. The number of pyridine rings is 1. The molecule has 0 radical (unpaired) electrons. The number of anilines is 1. The number of fused-ring (bicyclic) bond motifs is 1. The van der Waals surface area contributed by atoms with Crippen LogP contribution in [0.25, 0.3) is 10.9 Å². The van der Waals surface area contributed by atoms with Crippen molar-refractivity contribution in [2.75, 3.05) is 11.9 Å². The Morgan fingerprint density at radius 1 is 1.32 bits per heavy atom. The van der Waals surface area contributed by atoms with Crippen LogP contribution in [0.5, 0.6) is 5.88 Å². The average Bonchev–Trinajstić information content (AvgIpc) is 2.60. The molecule has 2 aromatic rings. The van der Waals surface area contributed by atoms with E-state index in [-0.39, 0.29) is 0 Å². The lowest BCUT2D eigenvalue weighted by atomic mass is 10.2. The summed E-state index contributed by atoms with van der Waals surface area (Å²) in [5.41, 5.74) is 0.767. The summed E-state index contributed by atoms with van der Waals surface area (Å²) >= 11 is 0. The van der Waals surface area contributed by atoms with Gasteiger partial charge in [-0.2, -0.15) is 0 Å². The minimum atomic E-state index is -0.729. The highest BCUT2D eigenvalue weighted by Gasteiger charge is 2.16. The van der Waals surface area contributed by atoms with Crippen molar-refractivity contribution in [3.8, 4) is 5.88 Å². The number of carbonyl (C=O) groups excluding carboxylic acids is 1. The van der Waals surface area contributed by atoms with E-state index in [9.17, 15) is 15.0 Å². The lowest BCUT2D eigenvalue weighted by Crippen LogP contribution is -2.15. The first-order chi connectivity index (χ1) is 12.0. The SMILES string of the molecule is C=N/C(C(=O)Nc1ccc2nc(OCCC)ccc2c1)=C(/O)C(=C)O. The molecule has 1 aromatic carbocycles. The monoisotopic (exact) mass is 341 g/mol. The summed E-state index contributed by atoms with van der Waals surface area (Å²) in [5, 5.41) is 22.2. The zero-order chi connectivity index (χ0) is 18.4. The molecular weight excluding hydrogens is 322 g/mol. The van der Waals surface area contributed by atoms with Crippen LogP contribution in [0.15, 0.2) is 59.1 Å². The van der Waals surface area contributed by atoms with Gasteiger partial charge in [-0.1, -0.05) is 13.5 Å². The number of ether oxygens (including phenoxy) is 1. The van der Waals surface area contributed by atoms with Crippen LogP contribution in [-0.4, -0.2) is 34.4 Å². The number of amides is 1. The van der Waals surface area contributed by atoms with Gasteiger partial charge in [0.1, 0.15) is 0 Å². The fourth-order valence-corrected chi connectivity index (χ4v) is 2.05. The van der Waals surface area contributed by atoms with E-state index in [1.807, 2.05) is 13.0 Å². The summed E-state index contributed by atoms with van der Waals surface area (Å²) in [7, 11) is 0. The van der Waals surface area contributed by atoms with Crippen LogP contribution in [0.4, 0.5) is 5.69 Å².